The highest BCUT2D eigenvalue weighted by atomic mass is 32.1. The lowest BCUT2D eigenvalue weighted by Gasteiger charge is -2.05. The van der Waals surface area contributed by atoms with E-state index in [2.05, 4.69) is 31.3 Å². The molecule has 104 valence electrons. The molecule has 0 amide bonds. The molecule has 2 heterocycles. The van der Waals surface area contributed by atoms with Crippen LogP contribution in [0.4, 0.5) is 0 Å². The molecule has 2 aromatic heterocycles. The third-order valence-electron chi connectivity index (χ3n) is 2.64. The molecule has 3 nitrogen and oxygen atoms in total. The van der Waals surface area contributed by atoms with Crippen LogP contribution in [0, 0.1) is 5.92 Å². The minimum Gasteiger partial charge on any atom is -0.467 e. The molecule has 4 heteroatoms. The van der Waals surface area contributed by atoms with Crippen LogP contribution in [0.1, 0.15) is 29.4 Å². The molecule has 2 rings (SSSR count). The van der Waals surface area contributed by atoms with Crippen LogP contribution in [0.2, 0.25) is 0 Å². The van der Waals surface area contributed by atoms with E-state index in [0.29, 0.717) is 19.1 Å². The first-order valence-corrected chi connectivity index (χ1v) is 7.44. The van der Waals surface area contributed by atoms with Crippen LogP contribution in [0.15, 0.2) is 34.9 Å². The molecule has 0 aliphatic carbocycles. The molecule has 0 atom stereocenters. The third kappa shape index (κ3) is 5.19. The van der Waals surface area contributed by atoms with Crippen molar-refractivity contribution in [2.24, 2.45) is 5.92 Å². The quantitative estimate of drug-likeness (QED) is 0.798. The average Bonchev–Trinajstić information content (AvgIpc) is 3.00. The minimum atomic E-state index is 0.534. The van der Waals surface area contributed by atoms with E-state index in [1.54, 1.807) is 17.6 Å². The van der Waals surface area contributed by atoms with E-state index in [1.807, 2.05) is 12.1 Å². The van der Waals surface area contributed by atoms with Gasteiger partial charge in [-0.3, -0.25) is 0 Å². The van der Waals surface area contributed by atoms with Gasteiger partial charge in [0.2, 0.25) is 0 Å². The van der Waals surface area contributed by atoms with E-state index in [9.17, 15) is 0 Å². The Labute approximate surface area is 118 Å². The molecule has 0 unspecified atom stereocenters. The Morgan fingerprint density at radius 3 is 2.79 bits per heavy atom. The van der Waals surface area contributed by atoms with Gasteiger partial charge in [0.05, 0.1) is 12.9 Å². The van der Waals surface area contributed by atoms with Gasteiger partial charge in [0.1, 0.15) is 12.4 Å². The van der Waals surface area contributed by atoms with Gasteiger partial charge < -0.3 is 14.5 Å². The Morgan fingerprint density at radius 2 is 2.05 bits per heavy atom. The summed E-state index contributed by atoms with van der Waals surface area (Å²) in [5.41, 5.74) is 0. The second-order valence-electron chi connectivity index (χ2n) is 4.96. The van der Waals surface area contributed by atoms with E-state index >= 15 is 0 Å². The lowest BCUT2D eigenvalue weighted by molar-refractivity contribution is 0.0948. The molecule has 0 bridgehead atoms. The highest BCUT2D eigenvalue weighted by Gasteiger charge is 2.02. The van der Waals surface area contributed by atoms with Crippen molar-refractivity contribution in [1.29, 1.82) is 0 Å². The summed E-state index contributed by atoms with van der Waals surface area (Å²) in [5, 5.41) is 3.45. The molecule has 2 aromatic rings. The number of furan rings is 1. The van der Waals surface area contributed by atoms with Gasteiger partial charge in [-0.15, -0.1) is 11.3 Å². The maximum absolute atomic E-state index is 5.62. The number of ether oxygens (including phenoxy) is 1. The fourth-order valence-electron chi connectivity index (χ4n) is 1.73. The monoisotopic (exact) mass is 279 g/mol. The van der Waals surface area contributed by atoms with Gasteiger partial charge in [-0.2, -0.15) is 0 Å². The van der Waals surface area contributed by atoms with Gasteiger partial charge >= 0.3 is 0 Å². The van der Waals surface area contributed by atoms with Crippen molar-refractivity contribution in [3.8, 4) is 0 Å². The summed E-state index contributed by atoms with van der Waals surface area (Å²) in [6.45, 7) is 7.62. The lowest BCUT2D eigenvalue weighted by Crippen LogP contribution is -2.18. The third-order valence-corrected chi connectivity index (χ3v) is 3.70. The second-order valence-corrected chi connectivity index (χ2v) is 6.22. The van der Waals surface area contributed by atoms with Crippen molar-refractivity contribution in [3.05, 3.63) is 46.0 Å². The van der Waals surface area contributed by atoms with Crippen LogP contribution in [0.5, 0.6) is 0 Å². The maximum atomic E-state index is 5.62. The fourth-order valence-corrected chi connectivity index (χ4v) is 2.65. The first kappa shape index (κ1) is 14.3. The van der Waals surface area contributed by atoms with Crippen LogP contribution in [-0.4, -0.2) is 6.54 Å². The highest BCUT2D eigenvalue weighted by molar-refractivity contribution is 7.11. The summed E-state index contributed by atoms with van der Waals surface area (Å²) < 4.78 is 10.8. The molecular formula is C15H21NO2S. The zero-order chi connectivity index (χ0) is 13.5. The summed E-state index contributed by atoms with van der Waals surface area (Å²) in [6, 6.07) is 8.11. The van der Waals surface area contributed by atoms with Gasteiger partial charge in [-0.05, 0) is 36.7 Å². The van der Waals surface area contributed by atoms with Gasteiger partial charge in [-0.1, -0.05) is 13.8 Å². The van der Waals surface area contributed by atoms with Crippen molar-refractivity contribution in [1.82, 2.24) is 5.32 Å². The van der Waals surface area contributed by atoms with Gasteiger partial charge in [-0.25, -0.2) is 0 Å². The summed E-state index contributed by atoms with van der Waals surface area (Å²) in [6.07, 6.45) is 1.67. The second kappa shape index (κ2) is 7.48. The smallest absolute Gasteiger partial charge is 0.129 e. The minimum absolute atomic E-state index is 0.534. The molecule has 0 aliphatic heterocycles. The summed E-state index contributed by atoms with van der Waals surface area (Å²) in [7, 11) is 0. The van der Waals surface area contributed by atoms with Crippen molar-refractivity contribution in [2.75, 3.05) is 6.54 Å². The number of hydrogen-bond acceptors (Lipinski definition) is 4. The molecule has 0 saturated carbocycles. The molecule has 0 aliphatic rings. The predicted molar refractivity (Wildman–Crippen MR) is 78.1 cm³/mol. The number of rotatable bonds is 8. The molecule has 0 spiro atoms. The van der Waals surface area contributed by atoms with Gasteiger partial charge in [0.15, 0.2) is 0 Å². The standard InChI is InChI=1S/C15H21NO2S/c1-12(2)8-16-9-14-5-6-15(19-14)11-17-10-13-4-3-7-18-13/h3-7,12,16H,8-11H2,1-2H3. The first-order chi connectivity index (χ1) is 9.24. The zero-order valence-corrected chi connectivity index (χ0v) is 12.3. The highest BCUT2D eigenvalue weighted by Crippen LogP contribution is 2.18. The van der Waals surface area contributed by atoms with Crippen molar-refractivity contribution < 1.29 is 9.15 Å². The van der Waals surface area contributed by atoms with Crippen LogP contribution in [-0.2, 0) is 24.5 Å². The van der Waals surface area contributed by atoms with Gasteiger partial charge in [0, 0.05) is 16.3 Å². The number of thiophene rings is 1. The van der Waals surface area contributed by atoms with Crippen molar-refractivity contribution in [2.45, 2.75) is 33.6 Å². The van der Waals surface area contributed by atoms with E-state index in [-0.39, 0.29) is 0 Å². The van der Waals surface area contributed by atoms with E-state index in [4.69, 9.17) is 9.15 Å². The lowest BCUT2D eigenvalue weighted by atomic mass is 10.2. The van der Waals surface area contributed by atoms with Crippen LogP contribution >= 0.6 is 11.3 Å². The Balaban J connectivity index is 1.68. The van der Waals surface area contributed by atoms with E-state index in [0.717, 1.165) is 18.8 Å². The first-order valence-electron chi connectivity index (χ1n) is 6.62. The number of nitrogens with one attached hydrogen (secondary N) is 1. The van der Waals surface area contributed by atoms with E-state index < -0.39 is 0 Å². The summed E-state index contributed by atoms with van der Waals surface area (Å²) in [4.78, 5) is 2.62. The Hall–Kier alpha value is -1.10. The molecular weight excluding hydrogens is 258 g/mol. The largest absolute Gasteiger partial charge is 0.467 e. The normalized spacial score (nSPS) is 11.3. The SMILES string of the molecule is CC(C)CNCc1ccc(COCc2ccco2)s1. The molecule has 0 saturated heterocycles. The molecule has 19 heavy (non-hydrogen) atoms. The summed E-state index contributed by atoms with van der Waals surface area (Å²) in [5.74, 6) is 1.56. The Kier molecular flexibility index (Phi) is 5.63. The average molecular weight is 279 g/mol. The van der Waals surface area contributed by atoms with Crippen LogP contribution in [0.25, 0.3) is 0 Å². The maximum Gasteiger partial charge on any atom is 0.129 e. The van der Waals surface area contributed by atoms with Crippen molar-refractivity contribution >= 4 is 11.3 Å². The predicted octanol–water partition coefficient (Wildman–Crippen LogP) is 3.80. The van der Waals surface area contributed by atoms with E-state index in [1.165, 1.54) is 9.75 Å². The van der Waals surface area contributed by atoms with Crippen LogP contribution < -0.4 is 5.32 Å². The molecule has 0 aromatic carbocycles. The Bertz CT molecular complexity index is 462. The molecule has 0 fully saturated rings. The summed E-state index contributed by atoms with van der Waals surface area (Å²) >= 11 is 1.80. The zero-order valence-electron chi connectivity index (χ0n) is 11.5. The molecule has 0 radical (unpaired) electrons. The Morgan fingerprint density at radius 1 is 1.21 bits per heavy atom. The van der Waals surface area contributed by atoms with Crippen molar-refractivity contribution in [3.63, 3.8) is 0 Å². The van der Waals surface area contributed by atoms with Crippen LogP contribution in [0.3, 0.4) is 0 Å². The van der Waals surface area contributed by atoms with Gasteiger partial charge in [0.25, 0.3) is 0 Å². The number of hydrogen-bond donors (Lipinski definition) is 1. The fraction of sp³-hybridized carbons (Fsp3) is 0.467. The topological polar surface area (TPSA) is 34.4 Å². The molecule has 1 N–H and O–H groups in total.